The lowest BCUT2D eigenvalue weighted by atomic mass is 10.0. The first-order valence-corrected chi connectivity index (χ1v) is 32.8. The van der Waals surface area contributed by atoms with Gasteiger partial charge in [0.05, 0.1) is 6.42 Å². The first-order valence-electron chi connectivity index (χ1n) is 32.8. The maximum Gasteiger partial charge on any atom is 0.310 e. The molecule has 0 aliphatic carbocycles. The zero-order valence-electron chi connectivity index (χ0n) is 50.1. The summed E-state index contributed by atoms with van der Waals surface area (Å²) in [5, 5.41) is 0. The molecule has 1 unspecified atom stereocenters. The van der Waals surface area contributed by atoms with Crippen molar-refractivity contribution in [3.63, 3.8) is 0 Å². The quantitative estimate of drug-likeness (QED) is 0.0261. The van der Waals surface area contributed by atoms with Crippen LogP contribution in [0, 0.1) is 0 Å². The van der Waals surface area contributed by atoms with Crippen molar-refractivity contribution in [2.75, 3.05) is 13.2 Å². The SMILES string of the molecule is CC/C=C\C/C=C\C/C=C\C/C=C\C/C=C\CC(=O)OC(COC(=O)CCCCCCCCCCCCCCC)COC(=O)CCCCCCCCCCCCCCCCCCCCCCCCCCCCCCC. The highest BCUT2D eigenvalue weighted by atomic mass is 16.6. The molecule has 75 heavy (non-hydrogen) atoms. The van der Waals surface area contributed by atoms with E-state index in [2.05, 4.69) is 69.4 Å². The molecule has 0 radical (unpaired) electrons. The van der Waals surface area contributed by atoms with E-state index >= 15 is 0 Å². The number of carbonyl (C=O) groups excluding carboxylic acids is 3. The second-order valence-corrected chi connectivity index (χ2v) is 22.0. The summed E-state index contributed by atoms with van der Waals surface area (Å²) in [6.45, 7) is 6.49. The Labute approximate surface area is 466 Å². The third kappa shape index (κ3) is 61.8. The maximum atomic E-state index is 12.8. The molecule has 1 atom stereocenters. The summed E-state index contributed by atoms with van der Waals surface area (Å²) in [5.74, 6) is -1.02. The summed E-state index contributed by atoms with van der Waals surface area (Å²) in [6, 6.07) is 0. The number of unbranched alkanes of at least 4 members (excludes halogenated alkanes) is 40. The van der Waals surface area contributed by atoms with Gasteiger partial charge in [0.25, 0.3) is 0 Å². The summed E-state index contributed by atoms with van der Waals surface area (Å²) in [6.07, 6.45) is 81.4. The van der Waals surface area contributed by atoms with Gasteiger partial charge in [-0.1, -0.05) is 338 Å². The number of carbonyl (C=O) groups is 3. The van der Waals surface area contributed by atoms with Gasteiger partial charge in [0.15, 0.2) is 6.10 Å². The third-order valence-electron chi connectivity index (χ3n) is 14.6. The van der Waals surface area contributed by atoms with Crippen LogP contribution in [0.15, 0.2) is 60.8 Å². The fraction of sp³-hybridized carbons (Fsp3) is 0.812. The van der Waals surface area contributed by atoms with Crippen LogP contribution in [0.3, 0.4) is 0 Å². The number of hydrogen-bond acceptors (Lipinski definition) is 6. The van der Waals surface area contributed by atoms with Crippen molar-refractivity contribution in [2.45, 2.75) is 348 Å². The summed E-state index contributed by atoms with van der Waals surface area (Å²) >= 11 is 0. The zero-order chi connectivity index (χ0) is 54.3. The molecule has 0 amide bonds. The monoisotopic (exact) mass is 1050 g/mol. The first kappa shape index (κ1) is 72.1. The van der Waals surface area contributed by atoms with Gasteiger partial charge >= 0.3 is 17.9 Å². The van der Waals surface area contributed by atoms with E-state index in [1.165, 1.54) is 231 Å². The maximum absolute atomic E-state index is 12.8. The highest BCUT2D eigenvalue weighted by molar-refractivity contribution is 5.72. The lowest BCUT2D eigenvalue weighted by Gasteiger charge is -2.18. The zero-order valence-corrected chi connectivity index (χ0v) is 50.1. The second-order valence-electron chi connectivity index (χ2n) is 22.0. The molecule has 0 saturated heterocycles. The molecule has 0 aromatic heterocycles. The van der Waals surface area contributed by atoms with Crippen LogP contribution in [-0.4, -0.2) is 37.2 Å². The van der Waals surface area contributed by atoms with E-state index in [0.717, 1.165) is 70.6 Å². The van der Waals surface area contributed by atoms with Crippen LogP contribution in [-0.2, 0) is 28.6 Å². The van der Waals surface area contributed by atoms with Crippen molar-refractivity contribution in [3.8, 4) is 0 Å². The van der Waals surface area contributed by atoms with Crippen LogP contribution in [0.5, 0.6) is 0 Å². The number of hydrogen-bond donors (Lipinski definition) is 0. The number of rotatable bonds is 60. The van der Waals surface area contributed by atoms with E-state index in [9.17, 15) is 14.4 Å². The van der Waals surface area contributed by atoms with Gasteiger partial charge in [-0.2, -0.15) is 0 Å². The minimum atomic E-state index is -0.826. The summed E-state index contributed by atoms with van der Waals surface area (Å²) < 4.78 is 16.8. The Balaban J connectivity index is 4.21. The molecule has 0 aliphatic rings. The van der Waals surface area contributed by atoms with E-state index in [0.29, 0.717) is 12.8 Å². The van der Waals surface area contributed by atoms with Crippen LogP contribution in [0.1, 0.15) is 342 Å². The molecule has 0 rings (SSSR count). The van der Waals surface area contributed by atoms with Gasteiger partial charge in [0.2, 0.25) is 0 Å². The molecule has 0 N–H and O–H groups in total. The first-order chi connectivity index (χ1) is 37.0. The predicted octanol–water partition coefficient (Wildman–Crippen LogP) is 22.3. The van der Waals surface area contributed by atoms with E-state index in [1.54, 1.807) is 6.08 Å². The van der Waals surface area contributed by atoms with E-state index in [4.69, 9.17) is 14.2 Å². The molecule has 0 aromatic rings. The van der Waals surface area contributed by atoms with Crippen LogP contribution in [0.4, 0.5) is 0 Å². The number of allylic oxidation sites excluding steroid dienone is 9. The van der Waals surface area contributed by atoms with Crippen molar-refractivity contribution in [1.29, 1.82) is 0 Å². The second kappa shape index (κ2) is 63.6. The predicted molar refractivity (Wildman–Crippen MR) is 325 cm³/mol. The Kier molecular flexibility index (Phi) is 61.2. The minimum Gasteiger partial charge on any atom is -0.462 e. The standard InChI is InChI=1S/C69H124O6/c1-4-7-10-13-16-19-22-25-27-28-29-30-31-32-33-34-35-36-37-38-39-40-42-44-47-50-53-56-59-62-68(71)74-65-66(64-73-67(70)61-58-55-52-49-46-43-24-21-18-15-12-9-6-3)75-69(72)63-60-57-54-51-48-45-41-26-23-20-17-14-11-8-5-2/h8,11,17,20,26,41,48,51,57,60,66H,4-7,9-10,12-16,18-19,21-25,27-40,42-47,49-50,52-56,58-59,61-65H2,1-3H3/b11-8-,20-17-,41-26-,51-48-,60-57-. The van der Waals surface area contributed by atoms with E-state index in [1.807, 2.05) is 6.08 Å². The van der Waals surface area contributed by atoms with Gasteiger partial charge in [0.1, 0.15) is 13.2 Å². The van der Waals surface area contributed by atoms with Gasteiger partial charge in [-0.25, -0.2) is 0 Å². The van der Waals surface area contributed by atoms with Crippen molar-refractivity contribution in [3.05, 3.63) is 60.8 Å². The molecule has 0 saturated carbocycles. The largest absolute Gasteiger partial charge is 0.462 e. The fourth-order valence-corrected chi connectivity index (χ4v) is 9.70. The van der Waals surface area contributed by atoms with Crippen LogP contribution in [0.25, 0.3) is 0 Å². The summed E-state index contributed by atoms with van der Waals surface area (Å²) in [5.41, 5.74) is 0. The Morgan fingerprint density at radius 2 is 0.507 bits per heavy atom. The van der Waals surface area contributed by atoms with Crippen molar-refractivity contribution < 1.29 is 28.6 Å². The van der Waals surface area contributed by atoms with E-state index in [-0.39, 0.29) is 31.6 Å². The Morgan fingerprint density at radius 1 is 0.280 bits per heavy atom. The molecule has 6 heteroatoms. The Bertz CT molecular complexity index is 1340. The van der Waals surface area contributed by atoms with Crippen molar-refractivity contribution >= 4 is 17.9 Å². The van der Waals surface area contributed by atoms with Gasteiger partial charge in [-0.3, -0.25) is 14.4 Å². The molecule has 0 fully saturated rings. The minimum absolute atomic E-state index is 0.102. The smallest absolute Gasteiger partial charge is 0.310 e. The lowest BCUT2D eigenvalue weighted by Crippen LogP contribution is -2.30. The fourth-order valence-electron chi connectivity index (χ4n) is 9.70. The highest BCUT2D eigenvalue weighted by Gasteiger charge is 2.19. The molecular formula is C69H124O6. The number of ether oxygens (including phenoxy) is 3. The molecule has 0 spiro atoms. The molecule has 0 aromatic carbocycles. The highest BCUT2D eigenvalue weighted by Crippen LogP contribution is 2.18. The Hall–Kier alpha value is -2.89. The lowest BCUT2D eigenvalue weighted by molar-refractivity contribution is -0.166. The summed E-state index contributed by atoms with van der Waals surface area (Å²) in [7, 11) is 0. The van der Waals surface area contributed by atoms with Crippen LogP contribution < -0.4 is 0 Å². The molecular weight excluding hydrogens is 925 g/mol. The summed E-state index contributed by atoms with van der Waals surface area (Å²) in [4.78, 5) is 38.2. The molecule has 0 bridgehead atoms. The Morgan fingerprint density at radius 3 is 0.760 bits per heavy atom. The van der Waals surface area contributed by atoms with Crippen molar-refractivity contribution in [2.24, 2.45) is 0 Å². The average Bonchev–Trinajstić information content (AvgIpc) is 3.41. The molecule has 0 aliphatic heterocycles. The molecule has 6 nitrogen and oxygen atoms in total. The van der Waals surface area contributed by atoms with Gasteiger partial charge in [0, 0.05) is 12.8 Å². The van der Waals surface area contributed by atoms with E-state index < -0.39 is 12.1 Å². The van der Waals surface area contributed by atoms with Crippen LogP contribution in [0.2, 0.25) is 0 Å². The molecule has 0 heterocycles. The topological polar surface area (TPSA) is 78.9 Å². The average molecular weight is 1050 g/mol. The normalized spacial score (nSPS) is 12.4. The van der Waals surface area contributed by atoms with Gasteiger partial charge < -0.3 is 14.2 Å². The third-order valence-corrected chi connectivity index (χ3v) is 14.6. The van der Waals surface area contributed by atoms with Crippen LogP contribution >= 0.6 is 0 Å². The number of esters is 3. The van der Waals surface area contributed by atoms with Gasteiger partial charge in [-0.05, 0) is 44.9 Å². The van der Waals surface area contributed by atoms with Gasteiger partial charge in [-0.15, -0.1) is 0 Å². The molecule has 436 valence electrons. The van der Waals surface area contributed by atoms with Crippen molar-refractivity contribution in [1.82, 2.24) is 0 Å².